The molecule has 0 fully saturated rings. The summed E-state index contributed by atoms with van der Waals surface area (Å²) in [5, 5.41) is 9.60. The van der Waals surface area contributed by atoms with Crippen molar-refractivity contribution in [3.63, 3.8) is 0 Å². The highest BCUT2D eigenvalue weighted by Gasteiger charge is 2.37. The van der Waals surface area contributed by atoms with Gasteiger partial charge in [-0.2, -0.15) is 5.26 Å². The first-order valence-corrected chi connectivity index (χ1v) is 8.55. The Morgan fingerprint density at radius 3 is 2.38 bits per heavy atom. The van der Waals surface area contributed by atoms with Gasteiger partial charge >= 0.3 is 5.97 Å². The highest BCUT2D eigenvalue weighted by Crippen LogP contribution is 2.44. The van der Waals surface area contributed by atoms with Crippen LogP contribution in [0.15, 0.2) is 39.4 Å². The van der Waals surface area contributed by atoms with Crippen LogP contribution in [0, 0.1) is 11.3 Å². The molecule has 1 heterocycles. The van der Waals surface area contributed by atoms with Gasteiger partial charge in [0.15, 0.2) is 0 Å². The molecule has 2 rings (SSSR count). The first-order chi connectivity index (χ1) is 12.4. The number of ether oxygens (including phenoxy) is 4. The molecule has 0 spiro atoms. The fourth-order valence-corrected chi connectivity index (χ4v) is 3.30. The average Bonchev–Trinajstić information content (AvgIpc) is 2.61. The van der Waals surface area contributed by atoms with E-state index < -0.39 is 11.9 Å². The minimum Gasteiger partial charge on any atom is -0.495 e. The summed E-state index contributed by atoms with van der Waals surface area (Å²) in [6.07, 6.45) is 0. The fourth-order valence-electron chi connectivity index (χ4n) is 2.74. The van der Waals surface area contributed by atoms with Crippen LogP contribution in [0.3, 0.4) is 0 Å². The van der Waals surface area contributed by atoms with Gasteiger partial charge in [0.2, 0.25) is 5.88 Å². The molecule has 0 aromatic heterocycles. The molecule has 7 nitrogen and oxygen atoms in total. The summed E-state index contributed by atoms with van der Waals surface area (Å²) >= 11 is 3.40. The summed E-state index contributed by atoms with van der Waals surface area (Å²) in [5.74, 6) is -0.125. The molecule has 26 heavy (non-hydrogen) atoms. The lowest BCUT2D eigenvalue weighted by Gasteiger charge is -2.27. The monoisotopic (exact) mass is 422 g/mol. The molecule has 1 aliphatic rings. The van der Waals surface area contributed by atoms with Gasteiger partial charge in [0.25, 0.3) is 0 Å². The standard InChI is InChI=1S/C18H19BrN2O5/c1-5-25-18(22)14-9(2)26-17(21)11(8-20)15(14)10-6-12(23-3)16(19)13(7-10)24-4/h6-7,15H,5,21H2,1-4H3. The molecular weight excluding hydrogens is 404 g/mol. The number of hydrogen-bond acceptors (Lipinski definition) is 7. The number of nitriles is 1. The molecule has 1 aromatic carbocycles. The van der Waals surface area contributed by atoms with Gasteiger partial charge in [0.05, 0.1) is 32.3 Å². The number of halogens is 1. The van der Waals surface area contributed by atoms with Crippen LogP contribution in [0.5, 0.6) is 11.5 Å². The van der Waals surface area contributed by atoms with E-state index in [1.807, 2.05) is 6.07 Å². The predicted molar refractivity (Wildman–Crippen MR) is 97.2 cm³/mol. The third-order valence-corrected chi connectivity index (χ3v) is 4.68. The Morgan fingerprint density at radius 2 is 1.92 bits per heavy atom. The zero-order valence-electron chi connectivity index (χ0n) is 14.9. The van der Waals surface area contributed by atoms with Crippen molar-refractivity contribution in [3.05, 3.63) is 45.0 Å². The van der Waals surface area contributed by atoms with Crippen LogP contribution >= 0.6 is 15.9 Å². The number of carbonyl (C=O) groups is 1. The summed E-state index contributed by atoms with van der Waals surface area (Å²) in [7, 11) is 3.02. The third kappa shape index (κ3) is 3.48. The quantitative estimate of drug-likeness (QED) is 0.726. The van der Waals surface area contributed by atoms with Gasteiger partial charge in [-0.3, -0.25) is 0 Å². The van der Waals surface area contributed by atoms with Crippen molar-refractivity contribution in [1.82, 2.24) is 0 Å². The van der Waals surface area contributed by atoms with Crippen molar-refractivity contribution in [2.45, 2.75) is 19.8 Å². The molecule has 8 heteroatoms. The van der Waals surface area contributed by atoms with Gasteiger partial charge in [0, 0.05) is 0 Å². The van der Waals surface area contributed by atoms with Gasteiger partial charge in [-0.1, -0.05) is 0 Å². The highest BCUT2D eigenvalue weighted by molar-refractivity contribution is 9.10. The van der Waals surface area contributed by atoms with E-state index in [9.17, 15) is 10.1 Å². The van der Waals surface area contributed by atoms with Crippen molar-refractivity contribution in [2.75, 3.05) is 20.8 Å². The molecule has 0 bridgehead atoms. The van der Waals surface area contributed by atoms with Crippen LogP contribution in [0.1, 0.15) is 25.3 Å². The number of benzene rings is 1. The number of allylic oxidation sites excluding steroid dienone is 2. The Hall–Kier alpha value is -2.66. The number of esters is 1. The molecule has 0 saturated heterocycles. The minimum absolute atomic E-state index is 0.0519. The molecule has 1 aromatic rings. The van der Waals surface area contributed by atoms with Crippen LogP contribution in [0.25, 0.3) is 0 Å². The van der Waals surface area contributed by atoms with Crippen molar-refractivity contribution in [2.24, 2.45) is 5.73 Å². The fraction of sp³-hybridized carbons (Fsp3) is 0.333. The van der Waals surface area contributed by atoms with Crippen LogP contribution in [0.2, 0.25) is 0 Å². The maximum atomic E-state index is 12.5. The largest absolute Gasteiger partial charge is 0.495 e. The first kappa shape index (κ1) is 19.7. The lowest BCUT2D eigenvalue weighted by atomic mass is 9.83. The van der Waals surface area contributed by atoms with Crippen LogP contribution in [0.4, 0.5) is 0 Å². The van der Waals surface area contributed by atoms with Gasteiger partial charge in [0.1, 0.15) is 33.4 Å². The minimum atomic E-state index is -0.760. The Bertz CT molecular complexity index is 813. The van der Waals surface area contributed by atoms with E-state index in [2.05, 4.69) is 15.9 Å². The third-order valence-electron chi connectivity index (χ3n) is 3.90. The van der Waals surface area contributed by atoms with E-state index in [1.54, 1.807) is 26.0 Å². The molecule has 0 radical (unpaired) electrons. The van der Waals surface area contributed by atoms with E-state index in [0.29, 0.717) is 21.5 Å². The molecule has 138 valence electrons. The van der Waals surface area contributed by atoms with Crippen LogP contribution in [-0.4, -0.2) is 26.8 Å². The SMILES string of the molecule is CCOC(=O)C1=C(C)OC(N)=C(C#N)C1c1cc(OC)c(Br)c(OC)c1. The predicted octanol–water partition coefficient (Wildman–Crippen LogP) is 3.11. The molecule has 0 aliphatic carbocycles. The second-order valence-electron chi connectivity index (χ2n) is 5.35. The second-order valence-corrected chi connectivity index (χ2v) is 6.15. The Balaban J connectivity index is 2.73. The van der Waals surface area contributed by atoms with Gasteiger partial charge in [-0.25, -0.2) is 4.79 Å². The molecular formula is C18H19BrN2O5. The normalized spacial score (nSPS) is 16.7. The lowest BCUT2D eigenvalue weighted by Crippen LogP contribution is -2.25. The number of carbonyl (C=O) groups excluding carboxylic acids is 1. The van der Waals surface area contributed by atoms with Crippen molar-refractivity contribution in [1.29, 1.82) is 5.26 Å². The van der Waals surface area contributed by atoms with E-state index in [4.69, 9.17) is 24.7 Å². The Kier molecular flexibility index (Phi) is 6.16. The number of rotatable bonds is 5. The first-order valence-electron chi connectivity index (χ1n) is 7.76. The summed E-state index contributed by atoms with van der Waals surface area (Å²) in [5.41, 5.74) is 6.81. The van der Waals surface area contributed by atoms with Crippen molar-refractivity contribution >= 4 is 21.9 Å². The number of hydrogen-bond donors (Lipinski definition) is 1. The number of methoxy groups -OCH3 is 2. The van der Waals surface area contributed by atoms with Crippen molar-refractivity contribution < 1.29 is 23.7 Å². The second kappa shape index (κ2) is 8.15. The molecule has 0 amide bonds. The molecule has 0 saturated carbocycles. The lowest BCUT2D eigenvalue weighted by molar-refractivity contribution is -0.139. The van der Waals surface area contributed by atoms with Gasteiger partial charge in [-0.15, -0.1) is 0 Å². The molecule has 1 aliphatic heterocycles. The zero-order chi connectivity index (χ0) is 19.4. The number of nitrogens with two attached hydrogens (primary N) is 1. The summed E-state index contributed by atoms with van der Waals surface area (Å²) in [6, 6.07) is 5.45. The van der Waals surface area contributed by atoms with E-state index >= 15 is 0 Å². The summed E-state index contributed by atoms with van der Waals surface area (Å²) in [6.45, 7) is 3.50. The zero-order valence-corrected chi connectivity index (χ0v) is 16.5. The van der Waals surface area contributed by atoms with Gasteiger partial charge < -0.3 is 24.7 Å². The highest BCUT2D eigenvalue weighted by atomic mass is 79.9. The Labute approximate surface area is 160 Å². The summed E-state index contributed by atoms with van der Waals surface area (Å²) < 4.78 is 21.9. The average molecular weight is 423 g/mol. The molecule has 2 N–H and O–H groups in total. The van der Waals surface area contributed by atoms with Gasteiger partial charge in [-0.05, 0) is 47.5 Å². The Morgan fingerprint density at radius 1 is 1.35 bits per heavy atom. The smallest absolute Gasteiger partial charge is 0.338 e. The van der Waals surface area contributed by atoms with Crippen molar-refractivity contribution in [3.8, 4) is 17.6 Å². The van der Waals surface area contributed by atoms with E-state index in [0.717, 1.165) is 0 Å². The maximum absolute atomic E-state index is 12.5. The number of nitrogens with zero attached hydrogens (tertiary/aromatic N) is 1. The summed E-state index contributed by atoms with van der Waals surface area (Å²) in [4.78, 5) is 12.5. The maximum Gasteiger partial charge on any atom is 0.338 e. The molecule has 1 unspecified atom stereocenters. The van der Waals surface area contributed by atoms with E-state index in [1.165, 1.54) is 14.2 Å². The topological polar surface area (TPSA) is 104 Å². The van der Waals surface area contributed by atoms with Crippen LogP contribution < -0.4 is 15.2 Å². The van der Waals surface area contributed by atoms with Crippen LogP contribution in [-0.2, 0) is 14.3 Å². The van der Waals surface area contributed by atoms with E-state index in [-0.39, 0.29) is 29.4 Å². The molecule has 1 atom stereocenters.